The monoisotopic (exact) mass is 588 g/mol. The van der Waals surface area contributed by atoms with Crippen LogP contribution >= 0.6 is 0 Å². The first kappa shape index (κ1) is 30.7. The molecule has 0 aliphatic carbocycles. The Morgan fingerprint density at radius 1 is 1.09 bits per heavy atom. The fourth-order valence-corrected chi connectivity index (χ4v) is 4.57. The molecule has 226 valence electrons. The summed E-state index contributed by atoms with van der Waals surface area (Å²) in [6.45, 7) is 3.90. The third kappa shape index (κ3) is 7.73. The number of likely N-dealkylation sites (N-methyl/N-ethyl adjacent to an activating group) is 1. The second-order valence-corrected chi connectivity index (χ2v) is 9.54. The van der Waals surface area contributed by atoms with Crippen LogP contribution in [0.4, 0.5) is 17.5 Å². The van der Waals surface area contributed by atoms with Gasteiger partial charge in [0.15, 0.2) is 11.5 Å². The lowest BCUT2D eigenvalue weighted by Gasteiger charge is -2.20. The topological polar surface area (TPSA) is 168 Å². The molecule has 0 amide bonds. The summed E-state index contributed by atoms with van der Waals surface area (Å²) in [5.74, 6) is 2.00. The fourth-order valence-electron chi connectivity index (χ4n) is 4.57. The first-order valence-corrected chi connectivity index (χ1v) is 13.8. The summed E-state index contributed by atoms with van der Waals surface area (Å²) in [6.07, 6.45) is 7.21. The number of nitrogens with two attached hydrogens (primary N) is 2. The van der Waals surface area contributed by atoms with Crippen molar-refractivity contribution in [3.63, 3.8) is 0 Å². The Hall–Kier alpha value is -5.26. The summed E-state index contributed by atoms with van der Waals surface area (Å²) >= 11 is 0. The number of ether oxygens (including phenoxy) is 3. The van der Waals surface area contributed by atoms with Crippen molar-refractivity contribution in [2.24, 2.45) is 0 Å². The number of aldehydes is 1. The highest BCUT2D eigenvalue weighted by atomic mass is 16.5. The molecule has 2 aromatic carbocycles. The molecule has 0 aliphatic rings. The predicted molar refractivity (Wildman–Crippen MR) is 167 cm³/mol. The average Bonchev–Trinajstić information content (AvgIpc) is 3.00. The lowest BCUT2D eigenvalue weighted by molar-refractivity contribution is -0.106. The number of fused-ring (bicyclic) bond motifs is 1. The molecule has 12 nitrogen and oxygen atoms in total. The molecule has 0 atom stereocenters. The molecule has 4 rings (SSSR count). The summed E-state index contributed by atoms with van der Waals surface area (Å²) in [5, 5.41) is 4.02. The molecule has 0 saturated heterocycles. The molecule has 0 spiro atoms. The number of nitrogens with zero attached hydrogens (tertiary/aromatic N) is 3. The van der Waals surface area contributed by atoms with Crippen LogP contribution in [0.5, 0.6) is 17.2 Å². The molecule has 2 aromatic heterocycles. The molecule has 0 saturated carbocycles. The van der Waals surface area contributed by atoms with E-state index in [-0.39, 0.29) is 12.5 Å². The number of hydrogen-bond donors (Lipinski definition) is 3. The maximum absolute atomic E-state index is 12.2. The van der Waals surface area contributed by atoms with Crippen LogP contribution in [0, 0.1) is 0 Å². The summed E-state index contributed by atoms with van der Waals surface area (Å²) in [6, 6.07) is 10.8. The number of nitrogen functional groups attached to an aromatic ring is 2. The van der Waals surface area contributed by atoms with Crippen molar-refractivity contribution in [1.29, 1.82) is 0 Å². The van der Waals surface area contributed by atoms with Crippen molar-refractivity contribution in [2.75, 3.05) is 56.8 Å². The largest absolute Gasteiger partial charge is 0.493 e. The zero-order valence-corrected chi connectivity index (χ0v) is 24.5. The van der Waals surface area contributed by atoms with Crippen LogP contribution in [-0.2, 0) is 11.2 Å². The number of rotatable bonds is 15. The van der Waals surface area contributed by atoms with E-state index in [2.05, 4.69) is 15.3 Å². The van der Waals surface area contributed by atoms with Crippen LogP contribution in [0.1, 0.15) is 30.0 Å². The molecule has 0 fully saturated rings. The van der Waals surface area contributed by atoms with E-state index >= 15 is 0 Å². The third-order valence-electron chi connectivity index (χ3n) is 6.73. The van der Waals surface area contributed by atoms with Gasteiger partial charge >= 0.3 is 5.63 Å². The molecule has 4 aromatic rings. The van der Waals surface area contributed by atoms with Gasteiger partial charge in [-0.25, -0.2) is 9.78 Å². The van der Waals surface area contributed by atoms with E-state index in [9.17, 15) is 9.59 Å². The normalized spacial score (nSPS) is 11.0. The Bertz CT molecular complexity index is 1630. The Balaban J connectivity index is 1.35. The lowest BCUT2D eigenvalue weighted by Crippen LogP contribution is -2.24. The molecule has 5 N–H and O–H groups in total. The first-order chi connectivity index (χ1) is 20.9. The van der Waals surface area contributed by atoms with E-state index in [1.807, 2.05) is 42.2 Å². The number of methoxy groups -OCH3 is 2. The minimum atomic E-state index is -0.449. The van der Waals surface area contributed by atoms with Gasteiger partial charge in [0.05, 0.1) is 27.4 Å². The van der Waals surface area contributed by atoms with E-state index < -0.39 is 5.63 Å². The number of hydrogen-bond acceptors (Lipinski definition) is 12. The van der Waals surface area contributed by atoms with Crippen LogP contribution in [0.15, 0.2) is 58.0 Å². The third-order valence-corrected chi connectivity index (χ3v) is 6.73. The van der Waals surface area contributed by atoms with Crippen LogP contribution in [0.3, 0.4) is 0 Å². The number of nitrogens with one attached hydrogen (secondary N) is 1. The smallest absolute Gasteiger partial charge is 0.336 e. The maximum atomic E-state index is 12.2. The van der Waals surface area contributed by atoms with Gasteiger partial charge in [-0.2, -0.15) is 4.98 Å². The van der Waals surface area contributed by atoms with Crippen molar-refractivity contribution in [3.05, 3.63) is 75.9 Å². The van der Waals surface area contributed by atoms with Gasteiger partial charge in [0.1, 0.15) is 17.7 Å². The maximum Gasteiger partial charge on any atom is 0.336 e. The first-order valence-electron chi connectivity index (χ1n) is 13.8. The molecule has 2 heterocycles. The van der Waals surface area contributed by atoms with Gasteiger partial charge in [-0.1, -0.05) is 0 Å². The van der Waals surface area contributed by atoms with Crippen LogP contribution in [0.2, 0.25) is 0 Å². The minimum Gasteiger partial charge on any atom is -0.493 e. The zero-order valence-electron chi connectivity index (χ0n) is 24.5. The van der Waals surface area contributed by atoms with E-state index in [0.29, 0.717) is 61.2 Å². The summed E-state index contributed by atoms with van der Waals surface area (Å²) in [7, 11) is 3.14. The second-order valence-electron chi connectivity index (χ2n) is 9.54. The highest BCUT2D eigenvalue weighted by Gasteiger charge is 2.16. The molecule has 12 heteroatoms. The number of benzene rings is 2. The Labute approximate surface area is 249 Å². The van der Waals surface area contributed by atoms with Crippen LogP contribution in [-0.4, -0.2) is 56.7 Å². The number of anilines is 3. The van der Waals surface area contributed by atoms with Crippen molar-refractivity contribution in [2.45, 2.75) is 19.8 Å². The predicted octanol–water partition coefficient (Wildman–Crippen LogP) is 3.41. The molecule has 0 aliphatic heterocycles. The van der Waals surface area contributed by atoms with Gasteiger partial charge in [-0.15, -0.1) is 0 Å². The van der Waals surface area contributed by atoms with Crippen molar-refractivity contribution in [3.8, 4) is 17.2 Å². The highest BCUT2D eigenvalue weighted by Crippen LogP contribution is 2.39. The Kier molecular flexibility index (Phi) is 10.4. The van der Waals surface area contributed by atoms with Gasteiger partial charge < -0.3 is 45.1 Å². The molecular weight excluding hydrogens is 552 g/mol. The van der Waals surface area contributed by atoms with Crippen LogP contribution < -0.4 is 41.5 Å². The molecule has 43 heavy (non-hydrogen) atoms. The quantitative estimate of drug-likeness (QED) is 0.105. The van der Waals surface area contributed by atoms with Crippen molar-refractivity contribution < 1.29 is 23.4 Å². The summed E-state index contributed by atoms with van der Waals surface area (Å²) in [4.78, 5) is 33.1. The Morgan fingerprint density at radius 3 is 2.53 bits per heavy atom. The summed E-state index contributed by atoms with van der Waals surface area (Å²) < 4.78 is 22.6. The Morgan fingerprint density at radius 2 is 1.86 bits per heavy atom. The van der Waals surface area contributed by atoms with Crippen molar-refractivity contribution >= 4 is 40.8 Å². The van der Waals surface area contributed by atoms with E-state index in [1.165, 1.54) is 6.07 Å². The van der Waals surface area contributed by atoms with Crippen LogP contribution in [0.25, 0.3) is 17.0 Å². The molecule has 0 radical (unpaired) electrons. The standard InChI is InChI=1S/C31H36N6O6/c1-4-37(11-12-38)23-6-7-24-21(17-28(39)43-25(24)18-23)8-10-34-9-5-13-42-29-26(40-2)15-20(16-27(29)41-3)14-22-19-35-31(33)36-30(22)32/h6-8,10,12,15-19,34H,4-5,9,11,13-14H2,1-3H3,(H4,32,33,35,36)/b10-8+. The van der Waals surface area contributed by atoms with E-state index in [0.717, 1.165) is 34.1 Å². The van der Waals surface area contributed by atoms with Gasteiger partial charge in [0.25, 0.3) is 0 Å². The van der Waals surface area contributed by atoms with Crippen molar-refractivity contribution in [1.82, 2.24) is 15.3 Å². The summed E-state index contributed by atoms with van der Waals surface area (Å²) in [5.41, 5.74) is 14.8. The van der Waals surface area contributed by atoms with E-state index in [4.69, 9.17) is 30.1 Å². The lowest BCUT2D eigenvalue weighted by atomic mass is 10.1. The van der Waals surface area contributed by atoms with E-state index in [1.54, 1.807) is 32.7 Å². The SMILES string of the molecule is CCN(CC=O)c1ccc2c(/C=C/NCCCOc3c(OC)cc(Cc4cnc(N)nc4N)cc3OC)cc(=O)oc2c1. The average molecular weight is 589 g/mol. The number of carbonyl (C=O) groups excluding carboxylic acids is 1. The fraction of sp³-hybridized carbons (Fsp3) is 0.290. The number of aromatic nitrogens is 2. The molecule has 0 unspecified atom stereocenters. The van der Waals surface area contributed by atoms with Gasteiger partial charge in [0.2, 0.25) is 11.7 Å². The molecule has 0 bridgehead atoms. The highest BCUT2D eigenvalue weighted by molar-refractivity contribution is 5.88. The zero-order chi connectivity index (χ0) is 30.8. The number of carbonyl (C=O) groups is 1. The van der Waals surface area contributed by atoms with Gasteiger partial charge in [-0.05, 0) is 61.0 Å². The second kappa shape index (κ2) is 14.6. The molecular formula is C31H36N6O6. The minimum absolute atomic E-state index is 0.122. The van der Waals surface area contributed by atoms with Gasteiger partial charge in [-0.3, -0.25) is 0 Å². The van der Waals surface area contributed by atoms with Gasteiger partial charge in [0, 0.05) is 54.5 Å².